The van der Waals surface area contributed by atoms with E-state index in [1.54, 1.807) is 0 Å². The lowest BCUT2D eigenvalue weighted by Crippen LogP contribution is -2.16. The van der Waals surface area contributed by atoms with E-state index in [0.717, 1.165) is 0 Å². The molecule has 0 bridgehead atoms. The maximum atomic E-state index is 14.0. The van der Waals surface area contributed by atoms with Crippen molar-refractivity contribution in [1.29, 1.82) is 0 Å². The Labute approximate surface area is 116 Å². The van der Waals surface area contributed by atoms with Gasteiger partial charge in [0.25, 0.3) is 0 Å². The predicted molar refractivity (Wildman–Crippen MR) is 72.3 cm³/mol. The highest BCUT2D eigenvalue weighted by Gasteiger charge is 2.23. The van der Waals surface area contributed by atoms with E-state index in [1.807, 2.05) is 0 Å². The number of halogens is 2. The lowest BCUT2D eigenvalue weighted by Gasteiger charge is -2.09. The molecule has 0 unspecified atom stereocenters. The van der Waals surface area contributed by atoms with Crippen molar-refractivity contribution < 1.29 is 8.78 Å². The molecule has 1 aliphatic heterocycles. The number of H-pyrrole nitrogens is 2. The van der Waals surface area contributed by atoms with Crippen LogP contribution < -0.4 is 5.32 Å². The monoisotopic (exact) mass is 286 g/mol. The minimum Gasteiger partial charge on any atom is -0.336 e. The second kappa shape index (κ2) is 4.23. The minimum atomic E-state index is -0.696. The van der Waals surface area contributed by atoms with Gasteiger partial charge in [0, 0.05) is 0 Å². The van der Waals surface area contributed by atoms with Crippen molar-refractivity contribution in [3.05, 3.63) is 47.8 Å². The number of benzene rings is 1. The summed E-state index contributed by atoms with van der Waals surface area (Å²) in [5, 5.41) is 16.3. The van der Waals surface area contributed by atoms with E-state index in [-0.39, 0.29) is 11.4 Å². The van der Waals surface area contributed by atoms with Gasteiger partial charge in [-0.1, -0.05) is 6.07 Å². The van der Waals surface area contributed by atoms with E-state index < -0.39 is 11.6 Å². The Morgan fingerprint density at radius 1 is 0.905 bits per heavy atom. The zero-order chi connectivity index (χ0) is 14.4. The average molecular weight is 286 g/mol. The highest BCUT2D eigenvalue weighted by atomic mass is 19.1. The number of rotatable bonds is 1. The predicted octanol–water partition coefficient (Wildman–Crippen LogP) is 2.58. The molecule has 6 nitrogen and oxygen atoms in total. The van der Waals surface area contributed by atoms with Crippen LogP contribution in [0.1, 0.15) is 5.56 Å². The van der Waals surface area contributed by atoms with Gasteiger partial charge in [-0.3, -0.25) is 10.2 Å². The van der Waals surface area contributed by atoms with Crippen molar-refractivity contribution in [3.63, 3.8) is 0 Å². The zero-order valence-electron chi connectivity index (χ0n) is 10.5. The van der Waals surface area contributed by atoms with Crippen LogP contribution >= 0.6 is 0 Å². The third-order valence-corrected chi connectivity index (χ3v) is 3.19. The Bertz CT molecular complexity index is 843. The van der Waals surface area contributed by atoms with Crippen molar-refractivity contribution in [3.8, 4) is 11.4 Å². The number of anilines is 1. The topological polar surface area (TPSA) is 81.8 Å². The molecule has 0 atom stereocenters. The van der Waals surface area contributed by atoms with Crippen LogP contribution in [-0.4, -0.2) is 26.2 Å². The fraction of sp³-hybridized carbons (Fsp3) is 0. The van der Waals surface area contributed by atoms with E-state index in [1.165, 1.54) is 30.6 Å². The van der Waals surface area contributed by atoms with Crippen LogP contribution in [0.3, 0.4) is 0 Å². The Kier molecular flexibility index (Phi) is 2.37. The molecule has 3 N–H and O–H groups in total. The third kappa shape index (κ3) is 1.72. The van der Waals surface area contributed by atoms with Crippen LogP contribution in [0.4, 0.5) is 20.2 Å². The quantitative estimate of drug-likeness (QED) is 0.643. The summed E-state index contributed by atoms with van der Waals surface area (Å²) < 4.78 is 27.9. The van der Waals surface area contributed by atoms with Gasteiger partial charge in [0.05, 0.1) is 23.6 Å². The number of amidine groups is 1. The molecular formula is C13H8F2N6. The number of fused-ring (bicyclic) bond motifs is 3. The normalized spacial score (nSPS) is 13.0. The molecule has 21 heavy (non-hydrogen) atoms. The van der Waals surface area contributed by atoms with E-state index in [2.05, 4.69) is 30.7 Å². The number of aromatic nitrogens is 4. The minimum absolute atomic E-state index is 0.0633. The molecule has 3 aromatic rings. The summed E-state index contributed by atoms with van der Waals surface area (Å²) in [5.74, 6) is -1.33. The van der Waals surface area contributed by atoms with Gasteiger partial charge in [-0.15, -0.1) is 0 Å². The van der Waals surface area contributed by atoms with Crippen molar-refractivity contribution >= 4 is 17.2 Å². The molecule has 0 amide bonds. The molecule has 0 saturated carbocycles. The van der Waals surface area contributed by atoms with Gasteiger partial charge in [0.15, 0.2) is 0 Å². The van der Waals surface area contributed by atoms with Gasteiger partial charge in [-0.05, 0) is 12.1 Å². The number of aromatic amines is 2. The van der Waals surface area contributed by atoms with Gasteiger partial charge >= 0.3 is 0 Å². The molecule has 2 aromatic heterocycles. The van der Waals surface area contributed by atoms with Crippen LogP contribution in [0.25, 0.3) is 11.4 Å². The lowest BCUT2D eigenvalue weighted by molar-refractivity contribution is 0.579. The summed E-state index contributed by atoms with van der Waals surface area (Å²) in [6.07, 6.45) is 2.99. The summed E-state index contributed by atoms with van der Waals surface area (Å²) >= 11 is 0. The summed E-state index contributed by atoms with van der Waals surface area (Å²) in [5.41, 5.74) is 2.01. The maximum absolute atomic E-state index is 14.0. The van der Waals surface area contributed by atoms with Crippen molar-refractivity contribution in [2.75, 3.05) is 5.32 Å². The van der Waals surface area contributed by atoms with Gasteiger partial charge in [0.1, 0.15) is 34.5 Å². The first-order valence-electron chi connectivity index (χ1n) is 6.11. The van der Waals surface area contributed by atoms with E-state index in [0.29, 0.717) is 22.8 Å². The summed E-state index contributed by atoms with van der Waals surface area (Å²) in [7, 11) is 0. The van der Waals surface area contributed by atoms with Gasteiger partial charge in [0.2, 0.25) is 0 Å². The maximum Gasteiger partial charge on any atom is 0.144 e. The van der Waals surface area contributed by atoms with Crippen molar-refractivity contribution in [2.45, 2.75) is 0 Å². The fourth-order valence-electron chi connectivity index (χ4n) is 2.24. The number of nitrogens with one attached hydrogen (secondary N) is 3. The summed E-state index contributed by atoms with van der Waals surface area (Å²) in [6.45, 7) is 0. The van der Waals surface area contributed by atoms with Crippen molar-refractivity contribution in [1.82, 2.24) is 20.4 Å². The Morgan fingerprint density at radius 3 is 2.43 bits per heavy atom. The van der Waals surface area contributed by atoms with E-state index >= 15 is 0 Å². The zero-order valence-corrected chi connectivity index (χ0v) is 10.5. The third-order valence-electron chi connectivity index (χ3n) is 3.19. The van der Waals surface area contributed by atoms with Gasteiger partial charge < -0.3 is 5.32 Å². The first kappa shape index (κ1) is 11.8. The van der Waals surface area contributed by atoms with Crippen LogP contribution in [0.15, 0.2) is 35.6 Å². The number of hydrogen-bond donors (Lipinski definition) is 3. The summed E-state index contributed by atoms with van der Waals surface area (Å²) in [4.78, 5) is 4.26. The van der Waals surface area contributed by atoms with Crippen molar-refractivity contribution in [2.24, 2.45) is 4.99 Å². The van der Waals surface area contributed by atoms with E-state index in [4.69, 9.17) is 0 Å². The fourth-order valence-corrected chi connectivity index (χ4v) is 2.24. The number of hydrogen-bond acceptors (Lipinski definition) is 4. The molecule has 104 valence electrons. The molecule has 8 heteroatoms. The standard InChI is InChI=1S/C13H8F2N6/c14-6-2-1-3-7(15)10(6)13-18-8-4-16-20-11(8)12-9(19-13)5-17-21-12/h1-5H,(H,16,20)(H,17,21)(H,18,19). The summed E-state index contributed by atoms with van der Waals surface area (Å²) in [6, 6.07) is 3.66. The van der Waals surface area contributed by atoms with Crippen LogP contribution in [0, 0.1) is 11.6 Å². The molecule has 1 aromatic carbocycles. The molecule has 0 radical (unpaired) electrons. The number of aliphatic imine (C=N–C) groups is 1. The SMILES string of the molecule is Fc1cccc(F)c1C1=Nc2cn[nH]c2-c2[nH]ncc2N1. The molecule has 0 fully saturated rings. The van der Waals surface area contributed by atoms with Crippen LogP contribution in [0.5, 0.6) is 0 Å². The molecule has 3 heterocycles. The van der Waals surface area contributed by atoms with Gasteiger partial charge in [-0.25, -0.2) is 13.8 Å². The Hall–Kier alpha value is -3.03. The molecule has 0 spiro atoms. The average Bonchev–Trinajstić information content (AvgIpc) is 3.05. The van der Waals surface area contributed by atoms with Gasteiger partial charge in [-0.2, -0.15) is 10.2 Å². The highest BCUT2D eigenvalue weighted by Crippen LogP contribution is 2.35. The van der Waals surface area contributed by atoms with Crippen LogP contribution in [-0.2, 0) is 0 Å². The first-order chi connectivity index (χ1) is 10.2. The Balaban J connectivity index is 1.97. The second-order valence-corrected chi connectivity index (χ2v) is 4.47. The molecular weight excluding hydrogens is 278 g/mol. The highest BCUT2D eigenvalue weighted by molar-refractivity contribution is 6.12. The van der Waals surface area contributed by atoms with E-state index in [9.17, 15) is 8.78 Å². The molecule has 0 saturated heterocycles. The second-order valence-electron chi connectivity index (χ2n) is 4.47. The molecule has 1 aliphatic rings. The first-order valence-corrected chi connectivity index (χ1v) is 6.11. The lowest BCUT2D eigenvalue weighted by atomic mass is 10.1. The molecule has 4 rings (SSSR count). The largest absolute Gasteiger partial charge is 0.336 e. The number of nitrogens with zero attached hydrogens (tertiary/aromatic N) is 3. The van der Waals surface area contributed by atoms with Crippen LogP contribution in [0.2, 0.25) is 0 Å². The molecule has 0 aliphatic carbocycles. The smallest absolute Gasteiger partial charge is 0.144 e. The Morgan fingerprint density at radius 2 is 1.62 bits per heavy atom.